The predicted octanol–water partition coefficient (Wildman–Crippen LogP) is 3.18. The molecule has 122 valence electrons. The van der Waals surface area contributed by atoms with Gasteiger partial charge in [0.15, 0.2) is 6.10 Å². The highest BCUT2D eigenvalue weighted by molar-refractivity contribution is 7.16. The van der Waals surface area contributed by atoms with Crippen LogP contribution in [0.4, 0.5) is 5.00 Å². The van der Waals surface area contributed by atoms with E-state index < -0.39 is 12.0 Å². The van der Waals surface area contributed by atoms with Gasteiger partial charge >= 0.3 is 0 Å². The van der Waals surface area contributed by atoms with E-state index in [1.807, 2.05) is 45.0 Å². The number of aryl methyl sites for hydroxylation is 2. The van der Waals surface area contributed by atoms with Gasteiger partial charge in [0.1, 0.15) is 10.8 Å². The lowest BCUT2D eigenvalue weighted by Gasteiger charge is -2.16. The molecule has 0 aliphatic rings. The van der Waals surface area contributed by atoms with Crippen molar-refractivity contribution in [2.24, 2.45) is 5.73 Å². The molecule has 1 aromatic carbocycles. The van der Waals surface area contributed by atoms with Crippen LogP contribution in [0.5, 0.6) is 5.75 Å². The van der Waals surface area contributed by atoms with Crippen LogP contribution in [0.15, 0.2) is 24.3 Å². The van der Waals surface area contributed by atoms with Gasteiger partial charge in [0.05, 0.1) is 5.56 Å². The summed E-state index contributed by atoms with van der Waals surface area (Å²) in [6.45, 7) is 7.28. The summed E-state index contributed by atoms with van der Waals surface area (Å²) in [5, 5.41) is 3.22. The van der Waals surface area contributed by atoms with Crippen molar-refractivity contribution in [2.75, 3.05) is 5.32 Å². The zero-order valence-corrected chi connectivity index (χ0v) is 14.4. The van der Waals surface area contributed by atoms with Gasteiger partial charge in [0.25, 0.3) is 11.8 Å². The number of hydrogen-bond donors (Lipinski definition) is 2. The Labute approximate surface area is 139 Å². The van der Waals surface area contributed by atoms with Crippen LogP contribution in [0, 0.1) is 20.8 Å². The van der Waals surface area contributed by atoms with Crippen LogP contribution in [0.25, 0.3) is 0 Å². The average Bonchev–Trinajstić information content (AvgIpc) is 2.76. The van der Waals surface area contributed by atoms with Gasteiger partial charge in [0, 0.05) is 4.88 Å². The van der Waals surface area contributed by atoms with E-state index in [0.29, 0.717) is 16.3 Å². The molecule has 1 heterocycles. The number of carbonyl (C=O) groups is 2. The maximum Gasteiger partial charge on any atom is 0.265 e. The lowest BCUT2D eigenvalue weighted by Crippen LogP contribution is -2.30. The molecule has 1 atom stereocenters. The number of amides is 2. The normalized spacial score (nSPS) is 11.8. The molecular formula is C17H20N2O3S. The zero-order valence-electron chi connectivity index (χ0n) is 13.6. The standard InChI is InChI=1S/C17H20N2O3S/c1-9-7-5-6-8-13(9)22-11(3)16(21)19-17-14(15(18)20)10(2)12(4)23-17/h5-8,11H,1-4H3,(H2,18,20)(H,19,21). The number of thiophene rings is 1. The number of primary amides is 1. The van der Waals surface area contributed by atoms with Gasteiger partial charge in [-0.05, 0) is 44.9 Å². The Hall–Kier alpha value is -2.34. The number of carbonyl (C=O) groups excluding carboxylic acids is 2. The van der Waals surface area contributed by atoms with Crippen molar-refractivity contribution in [3.8, 4) is 5.75 Å². The number of benzene rings is 1. The molecule has 2 rings (SSSR count). The maximum atomic E-state index is 12.3. The highest BCUT2D eigenvalue weighted by atomic mass is 32.1. The Morgan fingerprint density at radius 3 is 2.48 bits per heavy atom. The molecule has 6 heteroatoms. The summed E-state index contributed by atoms with van der Waals surface area (Å²) >= 11 is 1.34. The highest BCUT2D eigenvalue weighted by Gasteiger charge is 2.22. The number of para-hydroxylation sites is 1. The highest BCUT2D eigenvalue weighted by Crippen LogP contribution is 2.32. The van der Waals surface area contributed by atoms with Crippen LogP contribution in [0.1, 0.15) is 33.3 Å². The fourth-order valence-corrected chi connectivity index (χ4v) is 3.23. The second kappa shape index (κ2) is 6.83. The maximum absolute atomic E-state index is 12.3. The Morgan fingerprint density at radius 2 is 1.87 bits per heavy atom. The summed E-state index contributed by atoms with van der Waals surface area (Å²) < 4.78 is 5.69. The molecule has 0 radical (unpaired) electrons. The lowest BCUT2D eigenvalue weighted by molar-refractivity contribution is -0.122. The van der Waals surface area contributed by atoms with E-state index in [0.717, 1.165) is 16.0 Å². The van der Waals surface area contributed by atoms with Crippen LogP contribution < -0.4 is 15.8 Å². The molecule has 0 spiro atoms. The Kier molecular flexibility index (Phi) is 5.05. The summed E-state index contributed by atoms with van der Waals surface area (Å²) in [6, 6.07) is 7.48. The van der Waals surface area contributed by atoms with Gasteiger partial charge in [0.2, 0.25) is 0 Å². The van der Waals surface area contributed by atoms with E-state index >= 15 is 0 Å². The summed E-state index contributed by atoms with van der Waals surface area (Å²) in [5.41, 5.74) is 7.52. The van der Waals surface area contributed by atoms with Crippen molar-refractivity contribution >= 4 is 28.2 Å². The average molecular weight is 332 g/mol. The predicted molar refractivity (Wildman–Crippen MR) is 92.2 cm³/mol. The number of nitrogens with two attached hydrogens (primary N) is 1. The minimum atomic E-state index is -0.695. The SMILES string of the molecule is Cc1ccccc1OC(C)C(=O)Nc1sc(C)c(C)c1C(N)=O. The first kappa shape index (κ1) is 17.0. The number of ether oxygens (including phenoxy) is 1. The molecule has 1 unspecified atom stereocenters. The molecule has 0 saturated heterocycles. The fourth-order valence-electron chi connectivity index (χ4n) is 2.16. The van der Waals surface area contributed by atoms with Gasteiger partial charge in [-0.2, -0.15) is 0 Å². The molecule has 2 amide bonds. The van der Waals surface area contributed by atoms with Crippen LogP contribution in [-0.2, 0) is 4.79 Å². The monoisotopic (exact) mass is 332 g/mol. The number of nitrogens with one attached hydrogen (secondary N) is 1. The first-order chi connectivity index (χ1) is 10.8. The zero-order chi connectivity index (χ0) is 17.1. The van der Waals surface area contributed by atoms with Crippen molar-refractivity contribution in [3.63, 3.8) is 0 Å². The number of hydrogen-bond acceptors (Lipinski definition) is 4. The van der Waals surface area contributed by atoms with Crippen LogP contribution in [0.3, 0.4) is 0 Å². The number of anilines is 1. The molecule has 0 aliphatic carbocycles. The third-order valence-electron chi connectivity index (χ3n) is 3.64. The van der Waals surface area contributed by atoms with Gasteiger partial charge in [-0.25, -0.2) is 0 Å². The summed E-state index contributed by atoms with van der Waals surface area (Å²) in [6.07, 6.45) is -0.695. The first-order valence-electron chi connectivity index (χ1n) is 7.24. The Bertz CT molecular complexity index is 752. The third kappa shape index (κ3) is 3.71. The smallest absolute Gasteiger partial charge is 0.265 e. The van der Waals surface area contributed by atoms with Crippen molar-refractivity contribution in [1.82, 2.24) is 0 Å². The van der Waals surface area contributed by atoms with Crippen LogP contribution in [0.2, 0.25) is 0 Å². The molecule has 3 N–H and O–H groups in total. The van der Waals surface area contributed by atoms with Gasteiger partial charge in [-0.15, -0.1) is 11.3 Å². The third-order valence-corrected chi connectivity index (χ3v) is 4.76. The van der Waals surface area contributed by atoms with E-state index in [9.17, 15) is 9.59 Å². The largest absolute Gasteiger partial charge is 0.481 e. The fraction of sp³-hybridized carbons (Fsp3) is 0.294. The van der Waals surface area contributed by atoms with Crippen LogP contribution >= 0.6 is 11.3 Å². The van der Waals surface area contributed by atoms with E-state index in [2.05, 4.69) is 5.32 Å². The van der Waals surface area contributed by atoms with E-state index in [-0.39, 0.29) is 5.91 Å². The molecule has 23 heavy (non-hydrogen) atoms. The molecule has 2 aromatic rings. The van der Waals surface area contributed by atoms with E-state index in [4.69, 9.17) is 10.5 Å². The minimum absolute atomic E-state index is 0.322. The molecule has 5 nitrogen and oxygen atoms in total. The molecule has 0 fully saturated rings. The Morgan fingerprint density at radius 1 is 1.22 bits per heavy atom. The minimum Gasteiger partial charge on any atom is -0.481 e. The van der Waals surface area contributed by atoms with Crippen molar-refractivity contribution in [1.29, 1.82) is 0 Å². The molecule has 0 bridgehead atoms. The van der Waals surface area contributed by atoms with Gasteiger partial charge in [-0.1, -0.05) is 18.2 Å². The summed E-state index contributed by atoms with van der Waals surface area (Å²) in [4.78, 5) is 24.9. The molecular weight excluding hydrogens is 312 g/mol. The van der Waals surface area contributed by atoms with Gasteiger partial charge < -0.3 is 15.8 Å². The van der Waals surface area contributed by atoms with E-state index in [1.165, 1.54) is 11.3 Å². The molecule has 0 aliphatic heterocycles. The van der Waals surface area contributed by atoms with Crippen molar-refractivity contribution in [3.05, 3.63) is 45.8 Å². The Balaban J connectivity index is 2.15. The topological polar surface area (TPSA) is 81.4 Å². The second-order valence-corrected chi connectivity index (χ2v) is 6.59. The van der Waals surface area contributed by atoms with Gasteiger partial charge in [-0.3, -0.25) is 9.59 Å². The molecule has 0 saturated carbocycles. The first-order valence-corrected chi connectivity index (χ1v) is 8.05. The van der Waals surface area contributed by atoms with Crippen LogP contribution in [-0.4, -0.2) is 17.9 Å². The van der Waals surface area contributed by atoms with Crippen molar-refractivity contribution in [2.45, 2.75) is 33.8 Å². The number of rotatable bonds is 5. The van der Waals surface area contributed by atoms with E-state index in [1.54, 1.807) is 6.92 Å². The summed E-state index contributed by atoms with van der Waals surface area (Å²) in [7, 11) is 0. The molecule has 1 aromatic heterocycles. The quantitative estimate of drug-likeness (QED) is 0.882. The summed E-state index contributed by atoms with van der Waals surface area (Å²) in [5.74, 6) is -0.213. The lowest BCUT2D eigenvalue weighted by atomic mass is 10.1. The van der Waals surface area contributed by atoms with Crippen molar-refractivity contribution < 1.29 is 14.3 Å². The second-order valence-electron chi connectivity index (χ2n) is 5.37.